The van der Waals surface area contributed by atoms with Crippen LogP contribution in [0.5, 0.6) is 5.75 Å². The third-order valence-electron chi connectivity index (χ3n) is 4.82. The standard InChI is InChI=1S/C20H27NO5/c1-20(2,3)26-19(24)21-12-14(11-16(21)18(22)23)25-17-10-6-8-13-7-4-5-9-15(13)17/h6,8,10,14,16H,4-5,7,9,11-12H2,1-3H3,(H,22,23)/t14-,16+/m0/s1. The highest BCUT2D eigenvalue weighted by molar-refractivity contribution is 5.81. The summed E-state index contributed by atoms with van der Waals surface area (Å²) < 4.78 is 11.5. The number of rotatable bonds is 3. The SMILES string of the molecule is CC(C)(C)OC(=O)N1C[C@@H](Oc2cccc3c2CCCC3)C[C@@H]1C(=O)O. The summed E-state index contributed by atoms with van der Waals surface area (Å²) in [6.45, 7) is 5.51. The summed E-state index contributed by atoms with van der Waals surface area (Å²) >= 11 is 0. The minimum atomic E-state index is -1.03. The Morgan fingerprint density at radius 3 is 2.62 bits per heavy atom. The van der Waals surface area contributed by atoms with Crippen molar-refractivity contribution in [2.75, 3.05) is 6.54 Å². The summed E-state index contributed by atoms with van der Waals surface area (Å²) in [6.07, 6.45) is 3.67. The number of carboxylic acids is 1. The van der Waals surface area contributed by atoms with Crippen LogP contribution in [-0.2, 0) is 22.4 Å². The molecule has 1 N–H and O–H groups in total. The second-order valence-electron chi connectivity index (χ2n) is 8.06. The molecule has 6 heteroatoms. The van der Waals surface area contributed by atoms with Crippen molar-refractivity contribution in [3.8, 4) is 5.75 Å². The number of amides is 1. The van der Waals surface area contributed by atoms with E-state index in [2.05, 4.69) is 6.07 Å². The Morgan fingerprint density at radius 1 is 1.19 bits per heavy atom. The molecule has 0 unspecified atom stereocenters. The topological polar surface area (TPSA) is 76.1 Å². The van der Waals surface area contributed by atoms with Gasteiger partial charge in [0.1, 0.15) is 23.5 Å². The quantitative estimate of drug-likeness (QED) is 0.893. The van der Waals surface area contributed by atoms with Gasteiger partial charge in [-0.05, 0) is 63.6 Å². The molecular weight excluding hydrogens is 334 g/mol. The molecule has 6 nitrogen and oxygen atoms in total. The second kappa shape index (κ2) is 7.17. The van der Waals surface area contributed by atoms with Gasteiger partial charge < -0.3 is 14.6 Å². The van der Waals surface area contributed by atoms with Crippen LogP contribution in [0.4, 0.5) is 4.79 Å². The number of carbonyl (C=O) groups is 2. The van der Waals surface area contributed by atoms with E-state index in [1.807, 2.05) is 12.1 Å². The first kappa shape index (κ1) is 18.5. The Balaban J connectivity index is 1.74. The lowest BCUT2D eigenvalue weighted by Crippen LogP contribution is -2.43. The van der Waals surface area contributed by atoms with Crippen LogP contribution in [0.15, 0.2) is 18.2 Å². The van der Waals surface area contributed by atoms with Gasteiger partial charge in [-0.2, -0.15) is 0 Å². The molecule has 26 heavy (non-hydrogen) atoms. The number of hydrogen-bond acceptors (Lipinski definition) is 4. The molecule has 1 heterocycles. The molecule has 1 aliphatic carbocycles. The Kier molecular flexibility index (Phi) is 5.12. The van der Waals surface area contributed by atoms with E-state index in [0.29, 0.717) is 0 Å². The molecular formula is C20H27NO5. The van der Waals surface area contributed by atoms with E-state index in [0.717, 1.165) is 25.0 Å². The average Bonchev–Trinajstić information content (AvgIpc) is 2.98. The van der Waals surface area contributed by atoms with Crippen LogP contribution in [-0.4, -0.2) is 46.4 Å². The summed E-state index contributed by atoms with van der Waals surface area (Å²) in [5.74, 6) is -0.209. The molecule has 1 fully saturated rings. The summed E-state index contributed by atoms with van der Waals surface area (Å²) in [4.78, 5) is 25.3. The number of fused-ring (bicyclic) bond motifs is 1. The number of aliphatic carboxylic acids is 1. The molecule has 0 aromatic heterocycles. The highest BCUT2D eigenvalue weighted by atomic mass is 16.6. The number of likely N-dealkylation sites (tertiary alicyclic amines) is 1. The van der Waals surface area contributed by atoms with Crippen LogP contribution in [0.2, 0.25) is 0 Å². The zero-order chi connectivity index (χ0) is 18.9. The van der Waals surface area contributed by atoms with Gasteiger partial charge >= 0.3 is 12.1 Å². The molecule has 1 aromatic rings. The summed E-state index contributed by atoms with van der Waals surface area (Å²) in [6, 6.07) is 5.13. The number of nitrogens with zero attached hydrogens (tertiary/aromatic N) is 1. The first-order valence-corrected chi connectivity index (χ1v) is 9.24. The minimum absolute atomic E-state index is 0.218. The normalized spacial score (nSPS) is 22.7. The number of carbonyl (C=O) groups excluding carboxylic acids is 1. The monoisotopic (exact) mass is 361 g/mol. The molecule has 1 aliphatic heterocycles. The highest BCUT2D eigenvalue weighted by Gasteiger charge is 2.42. The van der Waals surface area contributed by atoms with Gasteiger partial charge in [0.25, 0.3) is 0 Å². The van der Waals surface area contributed by atoms with Gasteiger partial charge in [0.2, 0.25) is 0 Å². The van der Waals surface area contributed by atoms with Gasteiger partial charge in [-0.25, -0.2) is 9.59 Å². The average molecular weight is 361 g/mol. The fourth-order valence-electron chi connectivity index (χ4n) is 3.68. The Morgan fingerprint density at radius 2 is 1.92 bits per heavy atom. The van der Waals surface area contributed by atoms with E-state index in [1.54, 1.807) is 20.8 Å². The third kappa shape index (κ3) is 4.11. The zero-order valence-electron chi connectivity index (χ0n) is 15.7. The Labute approximate surface area is 154 Å². The molecule has 3 rings (SSSR count). The minimum Gasteiger partial charge on any atom is -0.488 e. The van der Waals surface area contributed by atoms with Crippen LogP contribution in [0.25, 0.3) is 0 Å². The predicted octanol–water partition coefficient (Wildman–Crippen LogP) is 3.41. The van der Waals surface area contributed by atoms with Crippen molar-refractivity contribution in [2.45, 2.75) is 70.6 Å². The van der Waals surface area contributed by atoms with Crippen LogP contribution < -0.4 is 4.74 Å². The van der Waals surface area contributed by atoms with Crippen molar-refractivity contribution >= 4 is 12.1 Å². The largest absolute Gasteiger partial charge is 0.488 e. The number of benzene rings is 1. The van der Waals surface area contributed by atoms with Crippen molar-refractivity contribution in [2.24, 2.45) is 0 Å². The first-order valence-electron chi connectivity index (χ1n) is 9.24. The maximum Gasteiger partial charge on any atom is 0.411 e. The van der Waals surface area contributed by atoms with Crippen molar-refractivity contribution in [3.63, 3.8) is 0 Å². The van der Waals surface area contributed by atoms with Gasteiger partial charge in [-0.15, -0.1) is 0 Å². The van der Waals surface area contributed by atoms with E-state index in [1.165, 1.54) is 22.4 Å². The van der Waals surface area contributed by atoms with Crippen molar-refractivity contribution in [3.05, 3.63) is 29.3 Å². The molecule has 0 saturated carbocycles. The lowest BCUT2D eigenvalue weighted by Gasteiger charge is -2.26. The van der Waals surface area contributed by atoms with Crippen LogP contribution >= 0.6 is 0 Å². The maximum absolute atomic E-state index is 12.4. The van der Waals surface area contributed by atoms with Gasteiger partial charge in [-0.3, -0.25) is 4.90 Å². The molecule has 142 valence electrons. The van der Waals surface area contributed by atoms with Crippen molar-refractivity contribution < 1.29 is 24.2 Å². The number of aryl methyl sites for hydroxylation is 1. The maximum atomic E-state index is 12.4. The number of ether oxygens (including phenoxy) is 2. The van der Waals surface area contributed by atoms with E-state index < -0.39 is 23.7 Å². The lowest BCUT2D eigenvalue weighted by atomic mass is 9.91. The van der Waals surface area contributed by atoms with E-state index in [4.69, 9.17) is 9.47 Å². The zero-order valence-corrected chi connectivity index (χ0v) is 15.7. The van der Waals surface area contributed by atoms with E-state index >= 15 is 0 Å². The fourth-order valence-corrected chi connectivity index (χ4v) is 3.68. The fraction of sp³-hybridized carbons (Fsp3) is 0.600. The van der Waals surface area contributed by atoms with Gasteiger partial charge in [0.15, 0.2) is 0 Å². The Hall–Kier alpha value is -2.24. The van der Waals surface area contributed by atoms with E-state index in [-0.39, 0.29) is 19.1 Å². The smallest absolute Gasteiger partial charge is 0.411 e. The Bertz CT molecular complexity index is 694. The molecule has 0 spiro atoms. The number of hydrogen-bond donors (Lipinski definition) is 1. The van der Waals surface area contributed by atoms with Crippen LogP contribution in [0.1, 0.15) is 51.2 Å². The van der Waals surface area contributed by atoms with Gasteiger partial charge in [0, 0.05) is 6.42 Å². The molecule has 1 aromatic carbocycles. The van der Waals surface area contributed by atoms with Gasteiger partial charge in [-0.1, -0.05) is 12.1 Å². The van der Waals surface area contributed by atoms with Crippen molar-refractivity contribution in [1.29, 1.82) is 0 Å². The van der Waals surface area contributed by atoms with Crippen LogP contribution in [0, 0.1) is 0 Å². The summed E-state index contributed by atoms with van der Waals surface area (Å²) in [5, 5.41) is 9.50. The third-order valence-corrected chi connectivity index (χ3v) is 4.82. The summed E-state index contributed by atoms with van der Waals surface area (Å²) in [5.41, 5.74) is 1.87. The molecule has 2 aliphatic rings. The van der Waals surface area contributed by atoms with Crippen molar-refractivity contribution in [1.82, 2.24) is 4.90 Å². The number of carboxylic acid groups (broad SMARTS) is 1. The van der Waals surface area contributed by atoms with E-state index in [9.17, 15) is 14.7 Å². The predicted molar refractivity (Wildman–Crippen MR) is 96.5 cm³/mol. The molecule has 2 atom stereocenters. The molecule has 0 bridgehead atoms. The molecule has 1 saturated heterocycles. The lowest BCUT2D eigenvalue weighted by molar-refractivity contribution is -0.142. The first-order chi connectivity index (χ1) is 12.2. The summed E-state index contributed by atoms with van der Waals surface area (Å²) in [7, 11) is 0. The second-order valence-corrected chi connectivity index (χ2v) is 8.06. The van der Waals surface area contributed by atoms with Gasteiger partial charge in [0.05, 0.1) is 6.54 Å². The molecule has 0 radical (unpaired) electrons. The highest BCUT2D eigenvalue weighted by Crippen LogP contribution is 2.32. The van der Waals surface area contributed by atoms with Crippen LogP contribution in [0.3, 0.4) is 0 Å². The molecule has 1 amide bonds.